The van der Waals surface area contributed by atoms with Gasteiger partial charge in [0.1, 0.15) is 11.5 Å². The van der Waals surface area contributed by atoms with E-state index in [-0.39, 0.29) is 30.0 Å². The van der Waals surface area contributed by atoms with Gasteiger partial charge in [0, 0.05) is 23.2 Å². The van der Waals surface area contributed by atoms with Gasteiger partial charge in [0.05, 0.1) is 24.4 Å². The maximum Gasteiger partial charge on any atom is 0.235 e. The van der Waals surface area contributed by atoms with E-state index in [9.17, 15) is 4.79 Å². The molecule has 2 unspecified atom stereocenters. The second kappa shape index (κ2) is 6.44. The molecule has 2 aromatic carbocycles. The molecule has 2 fully saturated rings. The van der Waals surface area contributed by atoms with Crippen LogP contribution < -0.4 is 4.74 Å². The third-order valence-electron chi connectivity index (χ3n) is 6.65. The first kappa shape index (κ1) is 16.8. The molecule has 2 atom stereocenters. The lowest BCUT2D eigenvalue weighted by Gasteiger charge is -2.41. The number of carbonyl (C=O) groups excluding carboxylic acids is 1. The highest BCUT2D eigenvalue weighted by Crippen LogP contribution is 2.48. The largest absolute Gasteiger partial charge is 0.457 e. The van der Waals surface area contributed by atoms with E-state index in [0.717, 1.165) is 48.3 Å². The van der Waals surface area contributed by atoms with Gasteiger partial charge in [0.2, 0.25) is 5.91 Å². The number of fused-ring (bicyclic) bond motifs is 4. The number of rotatable bonds is 2. The molecule has 3 aliphatic heterocycles. The molecule has 6 heteroatoms. The van der Waals surface area contributed by atoms with E-state index in [0.29, 0.717) is 0 Å². The first-order valence-corrected chi connectivity index (χ1v) is 10.3. The molecule has 1 aromatic heterocycles. The molecule has 0 spiro atoms. The highest BCUT2D eigenvalue weighted by atomic mass is 16.5. The number of piperidine rings is 1. The zero-order chi connectivity index (χ0) is 19.4. The van der Waals surface area contributed by atoms with E-state index in [1.54, 1.807) is 12.4 Å². The SMILES string of the molecule is O=C(C1c2ccccc2Oc2ccccc21)N1C2CCC1CC(n1nccn1)C2. The highest BCUT2D eigenvalue weighted by Gasteiger charge is 2.47. The standard InChI is InChI=1S/C23H22N4O2/c28-23(26-15-9-10-16(26)14-17(13-15)27-24-11-12-25-27)22-18-5-1-3-7-20(18)29-21-8-4-2-6-19(21)22/h1-8,11-12,15-17,22H,9-10,13-14H2. The van der Waals surface area contributed by atoms with Crippen molar-refractivity contribution in [2.75, 3.05) is 0 Å². The zero-order valence-electron chi connectivity index (χ0n) is 16.0. The Morgan fingerprint density at radius 1 is 0.828 bits per heavy atom. The van der Waals surface area contributed by atoms with E-state index < -0.39 is 0 Å². The summed E-state index contributed by atoms with van der Waals surface area (Å²) in [5.74, 6) is 1.46. The monoisotopic (exact) mass is 386 g/mol. The van der Waals surface area contributed by atoms with Gasteiger partial charge in [0.15, 0.2) is 0 Å². The van der Waals surface area contributed by atoms with Gasteiger partial charge in [-0.15, -0.1) is 0 Å². The van der Waals surface area contributed by atoms with Crippen LogP contribution in [0.15, 0.2) is 60.9 Å². The van der Waals surface area contributed by atoms with Gasteiger partial charge in [-0.3, -0.25) is 4.79 Å². The lowest BCUT2D eigenvalue weighted by Crippen LogP contribution is -2.49. The van der Waals surface area contributed by atoms with Crippen molar-refractivity contribution in [3.8, 4) is 11.5 Å². The van der Waals surface area contributed by atoms with Crippen LogP contribution in [-0.4, -0.2) is 37.9 Å². The number of amides is 1. The predicted octanol–water partition coefficient (Wildman–Crippen LogP) is 3.91. The van der Waals surface area contributed by atoms with Gasteiger partial charge >= 0.3 is 0 Å². The first-order chi connectivity index (χ1) is 14.3. The topological polar surface area (TPSA) is 60.2 Å². The van der Waals surface area contributed by atoms with E-state index in [1.807, 2.05) is 53.3 Å². The first-order valence-electron chi connectivity index (χ1n) is 10.3. The maximum atomic E-state index is 14.0. The molecule has 6 nitrogen and oxygen atoms in total. The fraction of sp³-hybridized carbons (Fsp3) is 0.348. The molecule has 0 aliphatic carbocycles. The van der Waals surface area contributed by atoms with E-state index in [2.05, 4.69) is 15.1 Å². The van der Waals surface area contributed by atoms with Crippen LogP contribution in [0, 0.1) is 0 Å². The Hall–Kier alpha value is -3.15. The van der Waals surface area contributed by atoms with Crippen LogP contribution in [0.1, 0.15) is 48.8 Å². The summed E-state index contributed by atoms with van der Waals surface area (Å²) in [6.07, 6.45) is 7.42. The highest BCUT2D eigenvalue weighted by molar-refractivity contribution is 5.90. The van der Waals surface area contributed by atoms with Crippen LogP contribution in [-0.2, 0) is 4.79 Å². The smallest absolute Gasteiger partial charge is 0.235 e. The van der Waals surface area contributed by atoms with Gasteiger partial charge in [-0.25, -0.2) is 0 Å². The number of para-hydroxylation sites is 2. The zero-order valence-corrected chi connectivity index (χ0v) is 16.0. The summed E-state index contributed by atoms with van der Waals surface area (Å²) < 4.78 is 6.09. The van der Waals surface area contributed by atoms with Crippen molar-refractivity contribution < 1.29 is 9.53 Å². The molecule has 1 amide bonds. The fourth-order valence-corrected chi connectivity index (χ4v) is 5.44. The van der Waals surface area contributed by atoms with Crippen molar-refractivity contribution in [3.05, 3.63) is 72.1 Å². The van der Waals surface area contributed by atoms with Crippen molar-refractivity contribution >= 4 is 5.91 Å². The van der Waals surface area contributed by atoms with Gasteiger partial charge < -0.3 is 9.64 Å². The van der Waals surface area contributed by atoms with Crippen LogP contribution in [0.5, 0.6) is 11.5 Å². The maximum absolute atomic E-state index is 14.0. The van der Waals surface area contributed by atoms with Crippen molar-refractivity contribution in [3.63, 3.8) is 0 Å². The quantitative estimate of drug-likeness (QED) is 0.670. The third-order valence-corrected chi connectivity index (χ3v) is 6.65. The van der Waals surface area contributed by atoms with Crippen LogP contribution in [0.2, 0.25) is 0 Å². The Morgan fingerprint density at radius 2 is 1.38 bits per heavy atom. The van der Waals surface area contributed by atoms with Crippen LogP contribution in [0.3, 0.4) is 0 Å². The molecule has 0 saturated carbocycles. The summed E-state index contributed by atoms with van der Waals surface area (Å²) in [5, 5.41) is 8.68. The van der Waals surface area contributed by atoms with Crippen molar-refractivity contribution in [1.29, 1.82) is 0 Å². The predicted molar refractivity (Wildman–Crippen MR) is 107 cm³/mol. The summed E-state index contributed by atoms with van der Waals surface area (Å²) in [5.41, 5.74) is 1.93. The number of carbonyl (C=O) groups is 1. The Bertz CT molecular complexity index is 1000. The van der Waals surface area contributed by atoms with E-state index in [1.165, 1.54) is 0 Å². The number of nitrogens with zero attached hydrogens (tertiary/aromatic N) is 4. The van der Waals surface area contributed by atoms with Gasteiger partial charge in [-0.05, 0) is 37.8 Å². The lowest BCUT2D eigenvalue weighted by molar-refractivity contribution is -0.137. The minimum atomic E-state index is -0.307. The minimum absolute atomic E-state index is 0.201. The summed E-state index contributed by atoms with van der Waals surface area (Å²) >= 11 is 0. The van der Waals surface area contributed by atoms with Crippen LogP contribution >= 0.6 is 0 Å². The average Bonchev–Trinajstić information content (AvgIpc) is 3.38. The molecule has 0 radical (unpaired) electrons. The summed E-state index contributed by atoms with van der Waals surface area (Å²) in [6.45, 7) is 0. The molecule has 2 bridgehead atoms. The molecule has 146 valence electrons. The molecular weight excluding hydrogens is 364 g/mol. The third kappa shape index (κ3) is 2.58. The van der Waals surface area contributed by atoms with Gasteiger partial charge in [-0.2, -0.15) is 15.0 Å². The van der Waals surface area contributed by atoms with Crippen molar-refractivity contribution in [1.82, 2.24) is 19.9 Å². The number of benzene rings is 2. The second-order valence-corrected chi connectivity index (χ2v) is 8.22. The molecule has 4 heterocycles. The molecular formula is C23H22N4O2. The van der Waals surface area contributed by atoms with Crippen LogP contribution in [0.25, 0.3) is 0 Å². The Kier molecular flexibility index (Phi) is 3.72. The average molecular weight is 386 g/mol. The van der Waals surface area contributed by atoms with Crippen LogP contribution in [0.4, 0.5) is 0 Å². The Balaban J connectivity index is 1.36. The molecule has 6 rings (SSSR count). The molecule has 3 aliphatic rings. The number of ether oxygens (including phenoxy) is 1. The summed E-state index contributed by atoms with van der Waals surface area (Å²) in [4.78, 5) is 18.0. The molecule has 3 aromatic rings. The fourth-order valence-electron chi connectivity index (χ4n) is 5.44. The Morgan fingerprint density at radius 3 is 1.97 bits per heavy atom. The summed E-state index contributed by atoms with van der Waals surface area (Å²) in [7, 11) is 0. The minimum Gasteiger partial charge on any atom is -0.457 e. The van der Waals surface area contributed by atoms with Crippen molar-refractivity contribution in [2.45, 2.75) is 49.7 Å². The van der Waals surface area contributed by atoms with E-state index in [4.69, 9.17) is 4.74 Å². The van der Waals surface area contributed by atoms with E-state index >= 15 is 0 Å². The van der Waals surface area contributed by atoms with Gasteiger partial charge in [-0.1, -0.05) is 36.4 Å². The summed E-state index contributed by atoms with van der Waals surface area (Å²) in [6, 6.07) is 16.6. The lowest BCUT2D eigenvalue weighted by atomic mass is 9.85. The second-order valence-electron chi connectivity index (χ2n) is 8.22. The molecule has 0 N–H and O–H groups in total. The normalized spacial score (nSPS) is 25.2. The van der Waals surface area contributed by atoms with Gasteiger partial charge in [0.25, 0.3) is 0 Å². The number of hydrogen-bond donors (Lipinski definition) is 0. The molecule has 29 heavy (non-hydrogen) atoms. The number of hydrogen-bond acceptors (Lipinski definition) is 4. The van der Waals surface area contributed by atoms with Crippen molar-refractivity contribution in [2.24, 2.45) is 0 Å². The molecule has 2 saturated heterocycles. The number of aromatic nitrogens is 3. The Labute approximate surface area is 169 Å².